The minimum Gasteiger partial charge on any atom is -0.493 e. The second-order valence-electron chi connectivity index (χ2n) is 3.01. The van der Waals surface area contributed by atoms with Crippen LogP contribution in [0, 0.1) is 0 Å². The number of hydrogen-bond donors (Lipinski definition) is 0. The van der Waals surface area contributed by atoms with Gasteiger partial charge in [-0.25, -0.2) is 0 Å². The Bertz CT molecular complexity index is 461. The minimum absolute atomic E-state index is 0.681. The molecule has 15 heavy (non-hydrogen) atoms. The van der Waals surface area contributed by atoms with Gasteiger partial charge in [-0.1, -0.05) is 0 Å². The third-order valence-corrected chi connectivity index (χ3v) is 3.18. The number of rotatable bonds is 3. The standard InChI is InChI=1S/C11H10O3S/c1-13-9-4-7-3-8(6-12)15-11(7)5-10(9)14-2/h3-6H,1-2H3. The molecule has 0 bridgehead atoms. The third kappa shape index (κ3) is 1.68. The van der Waals surface area contributed by atoms with E-state index >= 15 is 0 Å². The zero-order valence-electron chi connectivity index (χ0n) is 8.44. The minimum atomic E-state index is 0.681. The van der Waals surface area contributed by atoms with Crippen LogP contribution in [0.3, 0.4) is 0 Å². The summed E-state index contributed by atoms with van der Waals surface area (Å²) in [5.74, 6) is 1.37. The molecular formula is C11H10O3S. The van der Waals surface area contributed by atoms with Gasteiger partial charge in [-0.3, -0.25) is 4.79 Å². The molecule has 0 N–H and O–H groups in total. The van der Waals surface area contributed by atoms with Crippen molar-refractivity contribution in [3.63, 3.8) is 0 Å². The van der Waals surface area contributed by atoms with Crippen molar-refractivity contribution in [2.24, 2.45) is 0 Å². The summed E-state index contributed by atoms with van der Waals surface area (Å²) >= 11 is 1.44. The van der Waals surface area contributed by atoms with Gasteiger partial charge in [0.1, 0.15) is 0 Å². The van der Waals surface area contributed by atoms with Crippen LogP contribution >= 0.6 is 11.3 Å². The summed E-state index contributed by atoms with van der Waals surface area (Å²) < 4.78 is 11.4. The van der Waals surface area contributed by atoms with Crippen LogP contribution in [-0.4, -0.2) is 20.5 Å². The number of carbonyl (C=O) groups excluding carboxylic acids is 1. The lowest BCUT2D eigenvalue weighted by Gasteiger charge is -2.06. The summed E-state index contributed by atoms with van der Waals surface area (Å²) in [7, 11) is 3.19. The highest BCUT2D eigenvalue weighted by molar-refractivity contribution is 7.20. The van der Waals surface area contributed by atoms with E-state index in [0.29, 0.717) is 16.4 Å². The number of benzene rings is 1. The van der Waals surface area contributed by atoms with Crippen molar-refractivity contribution in [1.82, 2.24) is 0 Å². The van der Waals surface area contributed by atoms with Crippen LogP contribution in [0.5, 0.6) is 11.5 Å². The molecule has 1 aromatic carbocycles. The van der Waals surface area contributed by atoms with Crippen LogP contribution in [0.2, 0.25) is 0 Å². The fourth-order valence-corrected chi connectivity index (χ4v) is 2.33. The normalized spacial score (nSPS) is 10.3. The predicted molar refractivity (Wildman–Crippen MR) is 60.3 cm³/mol. The molecule has 0 saturated heterocycles. The Morgan fingerprint density at radius 3 is 2.40 bits per heavy atom. The second-order valence-corrected chi connectivity index (χ2v) is 4.13. The Balaban J connectivity index is 2.66. The molecule has 0 amide bonds. The molecule has 0 atom stereocenters. The quantitative estimate of drug-likeness (QED) is 0.749. The summed E-state index contributed by atoms with van der Waals surface area (Å²) in [4.78, 5) is 11.3. The largest absolute Gasteiger partial charge is 0.493 e. The zero-order chi connectivity index (χ0) is 10.8. The summed E-state index contributed by atoms with van der Waals surface area (Å²) in [6.07, 6.45) is 0.851. The number of aldehydes is 1. The summed E-state index contributed by atoms with van der Waals surface area (Å²) in [5, 5.41) is 1.000. The van der Waals surface area contributed by atoms with E-state index in [1.54, 1.807) is 14.2 Å². The lowest BCUT2D eigenvalue weighted by atomic mass is 10.2. The first-order valence-electron chi connectivity index (χ1n) is 4.39. The van der Waals surface area contributed by atoms with Gasteiger partial charge >= 0.3 is 0 Å². The molecule has 0 saturated carbocycles. The fourth-order valence-electron chi connectivity index (χ4n) is 1.45. The summed E-state index contributed by atoms with van der Waals surface area (Å²) in [5.41, 5.74) is 0. The van der Waals surface area contributed by atoms with Gasteiger partial charge in [0.05, 0.1) is 19.1 Å². The van der Waals surface area contributed by atoms with Gasteiger partial charge in [-0.05, 0) is 17.5 Å². The molecule has 2 aromatic rings. The number of methoxy groups -OCH3 is 2. The maximum absolute atomic E-state index is 10.6. The average molecular weight is 222 g/mol. The van der Waals surface area contributed by atoms with Gasteiger partial charge in [-0.15, -0.1) is 11.3 Å². The van der Waals surface area contributed by atoms with Crippen molar-refractivity contribution in [2.75, 3.05) is 14.2 Å². The van der Waals surface area contributed by atoms with Crippen molar-refractivity contribution in [3.05, 3.63) is 23.1 Å². The van der Waals surface area contributed by atoms with Crippen LogP contribution in [0.15, 0.2) is 18.2 Å². The van der Waals surface area contributed by atoms with Crippen LogP contribution in [0.1, 0.15) is 9.67 Å². The van der Waals surface area contributed by atoms with Crippen LogP contribution < -0.4 is 9.47 Å². The molecule has 0 aliphatic carbocycles. The Morgan fingerprint density at radius 2 is 1.80 bits per heavy atom. The van der Waals surface area contributed by atoms with E-state index in [9.17, 15) is 4.79 Å². The molecule has 0 spiro atoms. The van der Waals surface area contributed by atoms with Gasteiger partial charge in [0, 0.05) is 10.8 Å². The molecule has 0 aliphatic rings. The SMILES string of the molecule is COc1cc2cc(C=O)sc2cc1OC. The first-order chi connectivity index (χ1) is 7.28. The Kier molecular flexibility index (Phi) is 2.60. The molecule has 78 valence electrons. The Morgan fingerprint density at radius 1 is 1.13 bits per heavy atom. The van der Waals surface area contributed by atoms with E-state index in [2.05, 4.69) is 0 Å². The number of hydrogen-bond acceptors (Lipinski definition) is 4. The van der Waals surface area contributed by atoms with E-state index in [4.69, 9.17) is 9.47 Å². The van der Waals surface area contributed by atoms with Crippen molar-refractivity contribution in [3.8, 4) is 11.5 Å². The smallest absolute Gasteiger partial charge is 0.162 e. The topological polar surface area (TPSA) is 35.5 Å². The molecular weight excluding hydrogens is 212 g/mol. The number of fused-ring (bicyclic) bond motifs is 1. The van der Waals surface area contributed by atoms with Crippen molar-refractivity contribution in [1.29, 1.82) is 0 Å². The third-order valence-electron chi connectivity index (χ3n) is 2.16. The molecule has 0 radical (unpaired) electrons. The van der Waals surface area contributed by atoms with E-state index in [1.807, 2.05) is 18.2 Å². The van der Waals surface area contributed by atoms with E-state index < -0.39 is 0 Å². The first-order valence-corrected chi connectivity index (χ1v) is 5.21. The van der Waals surface area contributed by atoms with Crippen molar-refractivity contribution >= 4 is 27.7 Å². The number of ether oxygens (including phenoxy) is 2. The predicted octanol–water partition coefficient (Wildman–Crippen LogP) is 2.73. The van der Waals surface area contributed by atoms with Crippen molar-refractivity contribution in [2.45, 2.75) is 0 Å². The van der Waals surface area contributed by atoms with Gasteiger partial charge in [0.15, 0.2) is 17.8 Å². The molecule has 1 heterocycles. The molecule has 2 rings (SSSR count). The molecule has 4 heteroatoms. The van der Waals surface area contributed by atoms with Crippen molar-refractivity contribution < 1.29 is 14.3 Å². The van der Waals surface area contributed by atoms with E-state index in [1.165, 1.54) is 11.3 Å². The van der Waals surface area contributed by atoms with Gasteiger partial charge in [0.2, 0.25) is 0 Å². The molecule has 0 fully saturated rings. The number of thiophene rings is 1. The highest BCUT2D eigenvalue weighted by atomic mass is 32.1. The Labute approximate surface area is 91.2 Å². The van der Waals surface area contributed by atoms with E-state index in [0.717, 1.165) is 16.4 Å². The van der Waals surface area contributed by atoms with Crippen LogP contribution in [0.25, 0.3) is 10.1 Å². The highest BCUT2D eigenvalue weighted by Gasteiger charge is 2.08. The summed E-state index contributed by atoms with van der Waals surface area (Å²) in [6, 6.07) is 5.60. The second kappa shape index (κ2) is 3.90. The molecule has 1 aromatic heterocycles. The lowest BCUT2D eigenvalue weighted by Crippen LogP contribution is -1.89. The summed E-state index contributed by atoms with van der Waals surface area (Å²) in [6.45, 7) is 0. The van der Waals surface area contributed by atoms with Crippen LogP contribution in [-0.2, 0) is 0 Å². The van der Waals surface area contributed by atoms with Gasteiger partial charge < -0.3 is 9.47 Å². The number of carbonyl (C=O) groups is 1. The van der Waals surface area contributed by atoms with Crippen LogP contribution in [0.4, 0.5) is 0 Å². The molecule has 0 unspecified atom stereocenters. The highest BCUT2D eigenvalue weighted by Crippen LogP contribution is 2.35. The molecule has 0 aliphatic heterocycles. The average Bonchev–Trinajstić information content (AvgIpc) is 2.68. The Hall–Kier alpha value is -1.55. The molecule has 3 nitrogen and oxygen atoms in total. The maximum atomic E-state index is 10.6. The fraction of sp³-hybridized carbons (Fsp3) is 0.182. The zero-order valence-corrected chi connectivity index (χ0v) is 9.26. The maximum Gasteiger partial charge on any atom is 0.162 e. The van der Waals surface area contributed by atoms with E-state index in [-0.39, 0.29) is 0 Å². The lowest BCUT2D eigenvalue weighted by molar-refractivity contribution is 0.112. The van der Waals surface area contributed by atoms with Gasteiger partial charge in [-0.2, -0.15) is 0 Å². The first kappa shape index (κ1) is 9.98. The van der Waals surface area contributed by atoms with Gasteiger partial charge in [0.25, 0.3) is 0 Å². The monoisotopic (exact) mass is 222 g/mol.